The van der Waals surface area contributed by atoms with Crippen LogP contribution in [0.15, 0.2) is 36.5 Å². The van der Waals surface area contributed by atoms with Gasteiger partial charge >= 0.3 is 0 Å². The Kier molecular flexibility index (Phi) is 5.28. The fourth-order valence-corrected chi connectivity index (χ4v) is 4.78. The Morgan fingerprint density at radius 1 is 1.29 bits per heavy atom. The number of aryl methyl sites for hydroxylation is 1. The van der Waals surface area contributed by atoms with Crippen molar-refractivity contribution in [3.63, 3.8) is 0 Å². The van der Waals surface area contributed by atoms with Crippen molar-refractivity contribution >= 4 is 17.5 Å². The second-order valence-corrected chi connectivity index (χ2v) is 8.26. The van der Waals surface area contributed by atoms with Crippen LogP contribution in [0.3, 0.4) is 0 Å². The number of carbonyl (C=O) groups excluding carboxylic acids is 1. The third-order valence-electron chi connectivity index (χ3n) is 6.12. The standard InChI is InChI=1S/C22H24ClFN2O2/c1-3-18(26-22(27)13-4-6-14(23)7-5-13)20-16-10-15(11-17(16)20)28-19-8-9-25-12(2)21(19)24/h4-9,15-18,20H,3,10-11H2,1-2H3,(H,26,27). The molecule has 4 nitrogen and oxygen atoms in total. The van der Waals surface area contributed by atoms with E-state index in [0.717, 1.165) is 19.3 Å². The summed E-state index contributed by atoms with van der Waals surface area (Å²) in [5, 5.41) is 3.80. The molecule has 2 saturated carbocycles. The van der Waals surface area contributed by atoms with Gasteiger partial charge in [-0.05, 0) is 68.2 Å². The first kappa shape index (κ1) is 19.2. The van der Waals surface area contributed by atoms with Crippen LogP contribution in [0.4, 0.5) is 4.39 Å². The average Bonchev–Trinajstić information content (AvgIpc) is 3.17. The van der Waals surface area contributed by atoms with E-state index in [1.54, 1.807) is 43.5 Å². The minimum Gasteiger partial charge on any atom is -0.487 e. The van der Waals surface area contributed by atoms with Crippen molar-refractivity contribution in [3.8, 4) is 5.75 Å². The third kappa shape index (κ3) is 3.72. The summed E-state index contributed by atoms with van der Waals surface area (Å²) in [7, 11) is 0. The number of nitrogens with one attached hydrogen (secondary N) is 1. The molecule has 6 heteroatoms. The van der Waals surface area contributed by atoms with Gasteiger partial charge in [0.2, 0.25) is 0 Å². The molecule has 2 aliphatic carbocycles. The van der Waals surface area contributed by atoms with Crippen molar-refractivity contribution in [2.45, 2.75) is 45.3 Å². The highest BCUT2D eigenvalue weighted by molar-refractivity contribution is 6.30. The van der Waals surface area contributed by atoms with Crippen LogP contribution in [0.2, 0.25) is 5.02 Å². The lowest BCUT2D eigenvalue weighted by atomic mass is 10.00. The lowest BCUT2D eigenvalue weighted by molar-refractivity contribution is 0.0924. The highest BCUT2D eigenvalue weighted by Gasteiger charge is 2.59. The largest absolute Gasteiger partial charge is 0.487 e. The fraction of sp³-hybridized carbons (Fsp3) is 0.455. The van der Waals surface area contributed by atoms with Crippen molar-refractivity contribution in [1.82, 2.24) is 10.3 Å². The van der Waals surface area contributed by atoms with Crippen molar-refractivity contribution in [2.24, 2.45) is 17.8 Å². The molecule has 1 heterocycles. The first-order valence-electron chi connectivity index (χ1n) is 9.82. The lowest BCUT2D eigenvalue weighted by Crippen LogP contribution is -2.37. The molecule has 0 saturated heterocycles. The van der Waals surface area contributed by atoms with Gasteiger partial charge in [-0.25, -0.2) is 4.39 Å². The molecule has 2 aliphatic rings. The smallest absolute Gasteiger partial charge is 0.251 e. The van der Waals surface area contributed by atoms with Gasteiger partial charge in [-0.3, -0.25) is 9.78 Å². The molecule has 0 aliphatic heterocycles. The number of nitrogens with zero attached hydrogens (tertiary/aromatic N) is 1. The van der Waals surface area contributed by atoms with E-state index in [1.165, 1.54) is 0 Å². The summed E-state index contributed by atoms with van der Waals surface area (Å²) in [6.45, 7) is 3.74. The highest BCUT2D eigenvalue weighted by atomic mass is 35.5. The second kappa shape index (κ2) is 7.70. The Morgan fingerprint density at radius 3 is 2.61 bits per heavy atom. The number of hydrogen-bond acceptors (Lipinski definition) is 3. The molecule has 0 bridgehead atoms. The SMILES string of the molecule is CCC(NC(=O)c1ccc(Cl)cc1)C1C2CC(Oc3ccnc(C)c3F)CC21. The first-order valence-corrected chi connectivity index (χ1v) is 10.2. The van der Waals surface area contributed by atoms with Gasteiger partial charge in [0.1, 0.15) is 0 Å². The molecule has 1 amide bonds. The molecule has 4 rings (SSSR count). The number of pyridine rings is 1. The highest BCUT2D eigenvalue weighted by Crippen LogP contribution is 2.60. The molecule has 2 aromatic rings. The molecule has 148 valence electrons. The van der Waals surface area contributed by atoms with E-state index in [0.29, 0.717) is 39.8 Å². The Balaban J connectivity index is 1.33. The zero-order valence-corrected chi connectivity index (χ0v) is 16.7. The average molecular weight is 403 g/mol. The normalized spacial score (nSPS) is 26.4. The van der Waals surface area contributed by atoms with Gasteiger partial charge in [0.15, 0.2) is 11.6 Å². The summed E-state index contributed by atoms with van der Waals surface area (Å²) in [5.41, 5.74) is 0.980. The maximum Gasteiger partial charge on any atom is 0.251 e. The van der Waals surface area contributed by atoms with Crippen LogP contribution in [-0.4, -0.2) is 23.0 Å². The van der Waals surface area contributed by atoms with E-state index >= 15 is 0 Å². The van der Waals surface area contributed by atoms with E-state index in [-0.39, 0.29) is 23.9 Å². The maximum atomic E-state index is 14.1. The number of hydrogen-bond donors (Lipinski definition) is 1. The van der Waals surface area contributed by atoms with Crippen LogP contribution in [0.5, 0.6) is 5.75 Å². The van der Waals surface area contributed by atoms with Gasteiger partial charge in [0.25, 0.3) is 5.91 Å². The summed E-state index contributed by atoms with van der Waals surface area (Å²) in [4.78, 5) is 16.5. The quantitative estimate of drug-likeness (QED) is 0.755. The number of fused-ring (bicyclic) bond motifs is 1. The number of aromatic nitrogens is 1. The molecular formula is C22H24ClFN2O2. The number of rotatable bonds is 6. The van der Waals surface area contributed by atoms with Crippen molar-refractivity contribution < 1.29 is 13.9 Å². The molecule has 28 heavy (non-hydrogen) atoms. The Bertz CT molecular complexity index is 861. The van der Waals surface area contributed by atoms with Crippen molar-refractivity contribution in [2.75, 3.05) is 0 Å². The van der Waals surface area contributed by atoms with Crippen LogP contribution >= 0.6 is 11.6 Å². The minimum atomic E-state index is -0.374. The Morgan fingerprint density at radius 2 is 1.96 bits per heavy atom. The van der Waals surface area contributed by atoms with Gasteiger partial charge in [-0.2, -0.15) is 0 Å². The summed E-state index contributed by atoms with van der Waals surface area (Å²) < 4.78 is 20.0. The Hall–Kier alpha value is -2.14. The predicted octanol–water partition coefficient (Wildman–Crippen LogP) is 4.79. The van der Waals surface area contributed by atoms with Crippen molar-refractivity contribution in [3.05, 3.63) is 58.6 Å². The summed E-state index contributed by atoms with van der Waals surface area (Å²) >= 11 is 5.89. The molecule has 0 spiro atoms. The van der Waals surface area contributed by atoms with Crippen LogP contribution in [0, 0.1) is 30.5 Å². The zero-order valence-electron chi connectivity index (χ0n) is 16.0. The fourth-order valence-electron chi connectivity index (χ4n) is 4.65. The van der Waals surface area contributed by atoms with Crippen LogP contribution < -0.4 is 10.1 Å². The van der Waals surface area contributed by atoms with E-state index in [2.05, 4.69) is 17.2 Å². The van der Waals surface area contributed by atoms with Gasteiger partial charge in [0.05, 0.1) is 11.8 Å². The summed E-state index contributed by atoms with van der Waals surface area (Å²) in [6, 6.07) is 8.68. The van der Waals surface area contributed by atoms with E-state index in [4.69, 9.17) is 16.3 Å². The summed E-state index contributed by atoms with van der Waals surface area (Å²) in [6.07, 6.45) is 4.31. The van der Waals surface area contributed by atoms with Crippen LogP contribution in [0.1, 0.15) is 42.2 Å². The lowest BCUT2D eigenvalue weighted by Gasteiger charge is -2.22. The van der Waals surface area contributed by atoms with E-state index in [9.17, 15) is 9.18 Å². The number of halogens is 2. The van der Waals surface area contributed by atoms with Crippen LogP contribution in [-0.2, 0) is 0 Å². The van der Waals surface area contributed by atoms with Gasteiger partial charge in [0, 0.05) is 28.9 Å². The number of carbonyl (C=O) groups is 1. The van der Waals surface area contributed by atoms with Gasteiger partial charge < -0.3 is 10.1 Å². The molecule has 3 unspecified atom stereocenters. The van der Waals surface area contributed by atoms with E-state index in [1.807, 2.05) is 0 Å². The first-order chi connectivity index (χ1) is 13.5. The van der Waals surface area contributed by atoms with Gasteiger partial charge in [-0.15, -0.1) is 0 Å². The Labute approximate surface area is 169 Å². The molecule has 0 radical (unpaired) electrons. The minimum absolute atomic E-state index is 0.0343. The van der Waals surface area contributed by atoms with E-state index < -0.39 is 0 Å². The van der Waals surface area contributed by atoms with Crippen LogP contribution in [0.25, 0.3) is 0 Å². The topological polar surface area (TPSA) is 51.2 Å². The van der Waals surface area contributed by atoms with Crippen molar-refractivity contribution in [1.29, 1.82) is 0 Å². The summed E-state index contributed by atoms with van der Waals surface area (Å²) in [5.74, 6) is 1.40. The maximum absolute atomic E-state index is 14.1. The molecule has 2 fully saturated rings. The molecule has 1 aromatic heterocycles. The molecule has 1 aromatic carbocycles. The predicted molar refractivity (Wildman–Crippen MR) is 106 cm³/mol. The number of amides is 1. The molecule has 3 atom stereocenters. The second-order valence-electron chi connectivity index (χ2n) is 7.82. The molecular weight excluding hydrogens is 379 g/mol. The van der Waals surface area contributed by atoms with Gasteiger partial charge in [-0.1, -0.05) is 18.5 Å². The zero-order chi connectivity index (χ0) is 19.8. The molecule has 1 N–H and O–H groups in total. The third-order valence-corrected chi connectivity index (χ3v) is 6.37. The monoisotopic (exact) mass is 402 g/mol. The number of ether oxygens (including phenoxy) is 1. The number of benzene rings is 1.